The molecule has 0 amide bonds. The van der Waals surface area contributed by atoms with Crippen molar-refractivity contribution >= 4 is 5.97 Å². The highest BCUT2D eigenvalue weighted by atomic mass is 19.3. The van der Waals surface area contributed by atoms with Gasteiger partial charge in [-0.15, -0.1) is 0 Å². The molecule has 2 atom stereocenters. The molecule has 19 heavy (non-hydrogen) atoms. The van der Waals surface area contributed by atoms with Crippen molar-refractivity contribution in [3.05, 3.63) is 0 Å². The Bertz CT molecular complexity index is 344. The van der Waals surface area contributed by atoms with Crippen molar-refractivity contribution in [3.63, 3.8) is 0 Å². The van der Waals surface area contributed by atoms with Crippen molar-refractivity contribution in [3.8, 4) is 0 Å². The lowest BCUT2D eigenvalue weighted by atomic mass is 9.74. The number of halogens is 2. The monoisotopic (exact) mass is 275 g/mol. The zero-order valence-electron chi connectivity index (χ0n) is 11.5. The number of ether oxygens (including phenoxy) is 1. The number of hydrogen-bond donors (Lipinski definition) is 1. The summed E-state index contributed by atoms with van der Waals surface area (Å²) in [6.07, 6.45) is 3.66. The fraction of sp³-hybridized carbons (Fsp3) is 0.929. The highest BCUT2D eigenvalue weighted by molar-refractivity contribution is 5.77. The first-order valence-corrected chi connectivity index (χ1v) is 7.07. The standard InChI is InChI=1S/C14H23F2NO2/c1-19-12(18)13(9-17,6-10-2-3-10)7-11-4-5-14(15,16)8-11/h10-11H,2-9,17H2,1H3. The Morgan fingerprint density at radius 2 is 1.95 bits per heavy atom. The minimum absolute atomic E-state index is 0.0665. The lowest BCUT2D eigenvalue weighted by Crippen LogP contribution is -2.41. The van der Waals surface area contributed by atoms with Crippen LogP contribution in [0.1, 0.15) is 44.9 Å². The quantitative estimate of drug-likeness (QED) is 0.758. The molecule has 5 heteroatoms. The fourth-order valence-corrected chi connectivity index (χ4v) is 3.36. The first kappa shape index (κ1) is 14.7. The minimum Gasteiger partial charge on any atom is -0.469 e. The summed E-state index contributed by atoms with van der Waals surface area (Å²) >= 11 is 0. The molecule has 110 valence electrons. The molecule has 2 aliphatic carbocycles. The first-order chi connectivity index (χ1) is 8.91. The van der Waals surface area contributed by atoms with E-state index in [4.69, 9.17) is 10.5 Å². The number of nitrogens with two attached hydrogens (primary N) is 1. The van der Waals surface area contributed by atoms with Gasteiger partial charge < -0.3 is 10.5 Å². The molecule has 0 aromatic carbocycles. The molecule has 2 N–H and O–H groups in total. The van der Waals surface area contributed by atoms with Crippen LogP contribution in [0.3, 0.4) is 0 Å². The van der Waals surface area contributed by atoms with E-state index in [9.17, 15) is 13.6 Å². The highest BCUT2D eigenvalue weighted by Crippen LogP contribution is 2.48. The van der Waals surface area contributed by atoms with E-state index in [2.05, 4.69) is 0 Å². The topological polar surface area (TPSA) is 52.3 Å². The summed E-state index contributed by atoms with van der Waals surface area (Å²) in [5.74, 6) is -2.49. The lowest BCUT2D eigenvalue weighted by molar-refractivity contribution is -0.154. The molecule has 3 nitrogen and oxygen atoms in total. The van der Waals surface area contributed by atoms with E-state index in [0.29, 0.717) is 25.2 Å². The Balaban J connectivity index is 2.06. The summed E-state index contributed by atoms with van der Waals surface area (Å²) in [5, 5.41) is 0. The molecular formula is C14H23F2NO2. The molecular weight excluding hydrogens is 252 g/mol. The van der Waals surface area contributed by atoms with Gasteiger partial charge in [-0.25, -0.2) is 8.78 Å². The van der Waals surface area contributed by atoms with Crippen molar-refractivity contribution in [1.29, 1.82) is 0 Å². The van der Waals surface area contributed by atoms with Gasteiger partial charge in [0, 0.05) is 19.4 Å². The van der Waals surface area contributed by atoms with E-state index >= 15 is 0 Å². The van der Waals surface area contributed by atoms with E-state index in [1.54, 1.807) is 0 Å². The number of carbonyl (C=O) groups excluding carboxylic acids is 1. The Kier molecular flexibility index (Phi) is 4.14. The van der Waals surface area contributed by atoms with Crippen LogP contribution in [0.15, 0.2) is 0 Å². The van der Waals surface area contributed by atoms with E-state index in [-0.39, 0.29) is 31.3 Å². The van der Waals surface area contributed by atoms with E-state index in [0.717, 1.165) is 12.8 Å². The first-order valence-electron chi connectivity index (χ1n) is 7.07. The Morgan fingerprint density at radius 3 is 2.37 bits per heavy atom. The van der Waals surface area contributed by atoms with E-state index in [1.165, 1.54) is 7.11 Å². The van der Waals surface area contributed by atoms with Gasteiger partial charge in [0.05, 0.1) is 12.5 Å². The summed E-state index contributed by atoms with van der Waals surface area (Å²) < 4.78 is 31.5. The summed E-state index contributed by atoms with van der Waals surface area (Å²) in [6.45, 7) is 0.193. The fourth-order valence-electron chi connectivity index (χ4n) is 3.36. The predicted molar refractivity (Wildman–Crippen MR) is 67.7 cm³/mol. The van der Waals surface area contributed by atoms with Crippen LogP contribution in [0.4, 0.5) is 8.78 Å². The Hall–Kier alpha value is -0.710. The zero-order chi connectivity index (χ0) is 14.1. The maximum absolute atomic E-state index is 13.3. The number of alkyl halides is 2. The Labute approximate surface area is 112 Å². The summed E-state index contributed by atoms with van der Waals surface area (Å²) in [4.78, 5) is 12.1. The van der Waals surface area contributed by atoms with Crippen LogP contribution in [0.2, 0.25) is 0 Å². The molecule has 2 saturated carbocycles. The highest BCUT2D eigenvalue weighted by Gasteiger charge is 2.48. The molecule has 0 radical (unpaired) electrons. The second-order valence-corrected chi connectivity index (χ2v) is 6.29. The van der Waals surface area contributed by atoms with Gasteiger partial charge in [-0.3, -0.25) is 4.79 Å². The molecule has 2 aliphatic rings. The third kappa shape index (κ3) is 3.44. The summed E-state index contributed by atoms with van der Waals surface area (Å²) in [7, 11) is 1.35. The third-order valence-corrected chi connectivity index (χ3v) is 4.57. The largest absolute Gasteiger partial charge is 0.469 e. The van der Waals surface area contributed by atoms with Gasteiger partial charge in [-0.2, -0.15) is 0 Å². The van der Waals surface area contributed by atoms with Gasteiger partial charge in [-0.1, -0.05) is 12.8 Å². The summed E-state index contributed by atoms with van der Waals surface area (Å²) in [5.41, 5.74) is 5.07. The maximum atomic E-state index is 13.3. The average Bonchev–Trinajstić information content (AvgIpc) is 3.11. The second kappa shape index (κ2) is 5.35. The van der Waals surface area contributed by atoms with Crippen LogP contribution in [-0.4, -0.2) is 25.5 Å². The molecule has 2 fully saturated rings. The van der Waals surface area contributed by atoms with Crippen LogP contribution in [0.5, 0.6) is 0 Å². The normalized spacial score (nSPS) is 28.9. The third-order valence-electron chi connectivity index (χ3n) is 4.57. The van der Waals surface area contributed by atoms with Gasteiger partial charge in [0.15, 0.2) is 0 Å². The molecule has 0 heterocycles. The van der Waals surface area contributed by atoms with Crippen molar-refractivity contribution < 1.29 is 18.3 Å². The number of methoxy groups -OCH3 is 1. The van der Waals surface area contributed by atoms with Crippen LogP contribution >= 0.6 is 0 Å². The van der Waals surface area contributed by atoms with Gasteiger partial charge in [0.25, 0.3) is 0 Å². The number of hydrogen-bond acceptors (Lipinski definition) is 3. The summed E-state index contributed by atoms with van der Waals surface area (Å²) in [6, 6.07) is 0. The van der Waals surface area contributed by atoms with E-state index in [1.807, 2.05) is 0 Å². The SMILES string of the molecule is COC(=O)C(CN)(CC1CC1)CC1CCC(F)(F)C1. The van der Waals surface area contributed by atoms with Crippen molar-refractivity contribution in [1.82, 2.24) is 0 Å². The molecule has 0 saturated heterocycles. The zero-order valence-corrected chi connectivity index (χ0v) is 11.5. The van der Waals surface area contributed by atoms with Crippen LogP contribution in [0, 0.1) is 17.3 Å². The van der Waals surface area contributed by atoms with Crippen LogP contribution < -0.4 is 5.73 Å². The molecule has 0 aromatic heterocycles. The molecule has 2 unspecified atom stereocenters. The molecule has 0 spiro atoms. The smallest absolute Gasteiger partial charge is 0.313 e. The lowest BCUT2D eigenvalue weighted by Gasteiger charge is -2.32. The predicted octanol–water partition coefficient (Wildman–Crippen LogP) is 2.73. The molecule has 0 bridgehead atoms. The minimum atomic E-state index is -2.57. The van der Waals surface area contributed by atoms with E-state index < -0.39 is 11.3 Å². The second-order valence-electron chi connectivity index (χ2n) is 6.29. The van der Waals surface area contributed by atoms with Crippen molar-refractivity contribution in [2.24, 2.45) is 23.0 Å². The van der Waals surface area contributed by atoms with Gasteiger partial charge in [0.2, 0.25) is 5.92 Å². The Morgan fingerprint density at radius 1 is 1.32 bits per heavy atom. The van der Waals surface area contributed by atoms with Crippen molar-refractivity contribution in [2.75, 3.05) is 13.7 Å². The number of esters is 1. The molecule has 0 aromatic rings. The maximum Gasteiger partial charge on any atom is 0.313 e. The van der Waals surface area contributed by atoms with Gasteiger partial charge in [-0.05, 0) is 31.1 Å². The van der Waals surface area contributed by atoms with Crippen molar-refractivity contribution in [2.45, 2.75) is 50.9 Å². The van der Waals surface area contributed by atoms with Gasteiger partial charge in [0.1, 0.15) is 0 Å². The van der Waals surface area contributed by atoms with Crippen LogP contribution in [0.25, 0.3) is 0 Å². The van der Waals surface area contributed by atoms with Gasteiger partial charge >= 0.3 is 5.97 Å². The molecule has 0 aliphatic heterocycles. The number of rotatable bonds is 6. The average molecular weight is 275 g/mol. The molecule has 2 rings (SSSR count). The van der Waals surface area contributed by atoms with Crippen LogP contribution in [-0.2, 0) is 9.53 Å². The number of carbonyl (C=O) groups is 1.